The lowest BCUT2D eigenvalue weighted by Gasteiger charge is -2.31. The first kappa shape index (κ1) is 12.4. The van der Waals surface area contributed by atoms with Gasteiger partial charge >= 0.3 is 0 Å². The molecule has 2 fully saturated rings. The predicted octanol–water partition coefficient (Wildman–Crippen LogP) is 2.29. The van der Waals surface area contributed by atoms with Crippen molar-refractivity contribution in [3.8, 4) is 0 Å². The second-order valence-corrected chi connectivity index (χ2v) is 5.97. The third-order valence-electron chi connectivity index (χ3n) is 4.44. The lowest BCUT2D eigenvalue weighted by atomic mass is 9.77. The van der Waals surface area contributed by atoms with E-state index >= 15 is 0 Å². The van der Waals surface area contributed by atoms with E-state index in [1.165, 1.54) is 17.5 Å². The zero-order chi connectivity index (χ0) is 12.7. The average Bonchev–Trinajstić information content (AvgIpc) is 2.75. The number of halogens is 1. The zero-order valence-corrected chi connectivity index (χ0v) is 11.4. The molecule has 4 atom stereocenters. The summed E-state index contributed by atoms with van der Waals surface area (Å²) in [4.78, 5) is 0. The Kier molecular flexibility index (Phi) is 3.32. The molecule has 0 spiro atoms. The third-order valence-corrected chi connectivity index (χ3v) is 4.85. The Balaban J connectivity index is 1.87. The molecule has 1 aromatic carbocycles. The van der Waals surface area contributed by atoms with Crippen molar-refractivity contribution in [3.05, 3.63) is 34.3 Å². The fourth-order valence-corrected chi connectivity index (χ4v) is 3.55. The Morgan fingerprint density at radius 3 is 2.94 bits per heavy atom. The molecule has 1 aromatic rings. The van der Waals surface area contributed by atoms with E-state index in [0.29, 0.717) is 24.0 Å². The molecule has 3 nitrogen and oxygen atoms in total. The molecule has 4 unspecified atom stereocenters. The first-order valence-corrected chi connectivity index (χ1v) is 7.06. The van der Waals surface area contributed by atoms with E-state index in [2.05, 4.69) is 23.8 Å². The van der Waals surface area contributed by atoms with Gasteiger partial charge in [-0.2, -0.15) is 0 Å². The number of hydrazine groups is 1. The highest BCUT2D eigenvalue weighted by Gasteiger charge is 2.40. The number of fused-ring (bicyclic) bond motifs is 1. The van der Waals surface area contributed by atoms with Crippen LogP contribution >= 0.6 is 11.6 Å². The van der Waals surface area contributed by atoms with Gasteiger partial charge in [-0.25, -0.2) is 5.43 Å². The molecule has 3 rings (SSSR count). The lowest BCUT2D eigenvalue weighted by molar-refractivity contribution is 0.281. The van der Waals surface area contributed by atoms with Crippen molar-refractivity contribution in [2.75, 3.05) is 0 Å². The smallest absolute Gasteiger partial charge is 0.0509 e. The molecular weight excluding hydrogens is 246 g/mol. The van der Waals surface area contributed by atoms with Gasteiger partial charge in [-0.3, -0.25) is 5.43 Å². The van der Waals surface area contributed by atoms with Crippen LogP contribution in [0.25, 0.3) is 0 Å². The Morgan fingerprint density at radius 1 is 1.28 bits per heavy atom. The summed E-state index contributed by atoms with van der Waals surface area (Å²) in [5.74, 6) is 0.627. The molecule has 0 bridgehead atoms. The highest BCUT2D eigenvalue weighted by Crippen LogP contribution is 2.39. The summed E-state index contributed by atoms with van der Waals surface area (Å²) < 4.78 is 0. The van der Waals surface area contributed by atoms with Crippen molar-refractivity contribution in [2.24, 2.45) is 11.7 Å². The van der Waals surface area contributed by atoms with Crippen molar-refractivity contribution >= 4 is 11.6 Å². The van der Waals surface area contributed by atoms with Crippen LogP contribution < -0.4 is 16.6 Å². The Morgan fingerprint density at radius 2 is 2.11 bits per heavy atom. The number of nitrogens with two attached hydrogens (primary N) is 1. The molecule has 1 saturated carbocycles. The molecule has 4 N–H and O–H groups in total. The van der Waals surface area contributed by atoms with E-state index in [1.807, 2.05) is 12.1 Å². The van der Waals surface area contributed by atoms with Gasteiger partial charge in [0.25, 0.3) is 0 Å². The van der Waals surface area contributed by atoms with Crippen LogP contribution in [0.15, 0.2) is 18.2 Å². The summed E-state index contributed by atoms with van der Waals surface area (Å²) in [6, 6.07) is 7.38. The van der Waals surface area contributed by atoms with Gasteiger partial charge in [0.2, 0.25) is 0 Å². The number of nitrogens with one attached hydrogen (secondary N) is 2. The molecule has 0 aromatic heterocycles. The van der Waals surface area contributed by atoms with Crippen LogP contribution in [0.3, 0.4) is 0 Å². The normalized spacial score (nSPS) is 35.5. The second-order valence-electron chi connectivity index (χ2n) is 5.56. The van der Waals surface area contributed by atoms with Crippen LogP contribution in [-0.4, -0.2) is 12.1 Å². The van der Waals surface area contributed by atoms with Crippen LogP contribution in [-0.2, 0) is 0 Å². The molecule has 98 valence electrons. The maximum atomic E-state index is 6.22. The molecule has 1 aliphatic heterocycles. The van der Waals surface area contributed by atoms with E-state index in [1.54, 1.807) is 0 Å². The van der Waals surface area contributed by atoms with Crippen LogP contribution in [0.1, 0.15) is 36.4 Å². The largest absolute Gasteiger partial charge is 0.328 e. The molecule has 0 radical (unpaired) electrons. The molecule has 2 aliphatic rings. The van der Waals surface area contributed by atoms with Gasteiger partial charge in [-0.15, -0.1) is 0 Å². The summed E-state index contributed by atoms with van der Waals surface area (Å²) in [5, 5.41) is 0.852. The highest BCUT2D eigenvalue weighted by molar-refractivity contribution is 6.31. The standard InChI is InChI=1S/C14H20ClN3/c1-8-10(3-2-4-12(8)15)14-11-6-5-9(16)7-13(11)17-18-14/h2-4,9,11,13-14,17-18H,5-7,16H2,1H3. The molecule has 4 heteroatoms. The lowest BCUT2D eigenvalue weighted by Crippen LogP contribution is -2.41. The molecule has 1 aliphatic carbocycles. The van der Waals surface area contributed by atoms with Gasteiger partial charge in [-0.1, -0.05) is 23.7 Å². The van der Waals surface area contributed by atoms with E-state index < -0.39 is 0 Å². The minimum atomic E-state index is 0.347. The SMILES string of the molecule is Cc1c(Cl)cccc1C1NNC2CC(N)CCC21. The summed E-state index contributed by atoms with van der Waals surface area (Å²) in [6.45, 7) is 2.10. The van der Waals surface area contributed by atoms with E-state index in [0.717, 1.165) is 17.9 Å². The van der Waals surface area contributed by atoms with Crippen molar-refractivity contribution in [3.63, 3.8) is 0 Å². The fourth-order valence-electron chi connectivity index (χ4n) is 3.36. The minimum Gasteiger partial charge on any atom is -0.328 e. The summed E-state index contributed by atoms with van der Waals surface area (Å²) in [5.41, 5.74) is 15.4. The van der Waals surface area contributed by atoms with Gasteiger partial charge in [-0.05, 0) is 49.3 Å². The van der Waals surface area contributed by atoms with E-state index in [9.17, 15) is 0 Å². The van der Waals surface area contributed by atoms with Gasteiger partial charge in [0, 0.05) is 17.1 Å². The average molecular weight is 266 g/mol. The first-order chi connectivity index (χ1) is 8.66. The number of hydrogen-bond donors (Lipinski definition) is 3. The Bertz CT molecular complexity index is 449. The van der Waals surface area contributed by atoms with Crippen LogP contribution in [0.5, 0.6) is 0 Å². The minimum absolute atomic E-state index is 0.347. The monoisotopic (exact) mass is 265 g/mol. The Hall–Kier alpha value is -0.610. The zero-order valence-electron chi connectivity index (χ0n) is 10.6. The van der Waals surface area contributed by atoms with E-state index in [-0.39, 0.29) is 0 Å². The van der Waals surface area contributed by atoms with Gasteiger partial charge in [0.05, 0.1) is 6.04 Å². The Labute approximate surface area is 113 Å². The maximum Gasteiger partial charge on any atom is 0.0509 e. The van der Waals surface area contributed by atoms with Gasteiger partial charge in [0.15, 0.2) is 0 Å². The summed E-state index contributed by atoms with van der Waals surface area (Å²) in [6.07, 6.45) is 3.37. The third kappa shape index (κ3) is 2.05. The number of hydrogen-bond acceptors (Lipinski definition) is 3. The van der Waals surface area contributed by atoms with Crippen LogP contribution in [0, 0.1) is 12.8 Å². The van der Waals surface area contributed by atoms with Crippen LogP contribution in [0.4, 0.5) is 0 Å². The number of rotatable bonds is 1. The molecule has 1 saturated heterocycles. The van der Waals surface area contributed by atoms with Crippen molar-refractivity contribution in [1.82, 2.24) is 10.9 Å². The topological polar surface area (TPSA) is 50.1 Å². The maximum absolute atomic E-state index is 6.22. The van der Waals surface area contributed by atoms with E-state index in [4.69, 9.17) is 17.3 Å². The van der Waals surface area contributed by atoms with Crippen molar-refractivity contribution < 1.29 is 0 Å². The molecule has 18 heavy (non-hydrogen) atoms. The van der Waals surface area contributed by atoms with Crippen molar-refractivity contribution in [1.29, 1.82) is 0 Å². The van der Waals surface area contributed by atoms with Crippen molar-refractivity contribution in [2.45, 2.75) is 44.3 Å². The molecule has 0 amide bonds. The predicted molar refractivity (Wildman–Crippen MR) is 74.3 cm³/mol. The quantitative estimate of drug-likeness (QED) is 0.730. The summed E-state index contributed by atoms with van der Waals surface area (Å²) >= 11 is 6.22. The molecular formula is C14H20ClN3. The van der Waals surface area contributed by atoms with Gasteiger partial charge < -0.3 is 5.73 Å². The summed E-state index contributed by atoms with van der Waals surface area (Å²) in [7, 11) is 0. The first-order valence-electron chi connectivity index (χ1n) is 6.68. The molecule has 1 heterocycles. The number of benzene rings is 1. The van der Waals surface area contributed by atoms with Gasteiger partial charge in [0.1, 0.15) is 0 Å². The fraction of sp³-hybridized carbons (Fsp3) is 0.571. The van der Waals surface area contributed by atoms with Crippen LogP contribution in [0.2, 0.25) is 5.02 Å². The second kappa shape index (κ2) is 4.82. The highest BCUT2D eigenvalue weighted by atomic mass is 35.5.